The molecular formula is C11H14ClNO. The average molecular weight is 212 g/mol. The van der Waals surface area contributed by atoms with E-state index in [1.165, 1.54) is 0 Å². The molecule has 1 heterocycles. The summed E-state index contributed by atoms with van der Waals surface area (Å²) >= 11 is 5.79. The summed E-state index contributed by atoms with van der Waals surface area (Å²) in [5.74, 6) is 0. The monoisotopic (exact) mass is 211 g/mol. The molecule has 2 unspecified atom stereocenters. The predicted octanol–water partition coefficient (Wildman–Crippen LogP) is 2.26. The Morgan fingerprint density at radius 1 is 1.43 bits per heavy atom. The second-order valence-electron chi connectivity index (χ2n) is 3.95. The van der Waals surface area contributed by atoms with Crippen molar-refractivity contribution in [2.24, 2.45) is 0 Å². The molecule has 1 aromatic rings. The molecular weight excluding hydrogens is 198 g/mol. The SMILES string of the molecule is CC1CCC(O)(c2ccc(Cl)cc2)N1. The predicted molar refractivity (Wildman–Crippen MR) is 57.2 cm³/mol. The zero-order valence-electron chi connectivity index (χ0n) is 8.13. The number of aliphatic hydroxyl groups is 1. The molecule has 3 heteroatoms. The number of halogens is 1. The van der Waals surface area contributed by atoms with E-state index in [1.54, 1.807) is 12.1 Å². The van der Waals surface area contributed by atoms with E-state index in [9.17, 15) is 5.11 Å². The fraction of sp³-hybridized carbons (Fsp3) is 0.455. The Bertz CT molecular complexity index is 325. The molecule has 0 spiro atoms. The minimum Gasteiger partial charge on any atom is -0.372 e. The summed E-state index contributed by atoms with van der Waals surface area (Å²) < 4.78 is 0. The van der Waals surface area contributed by atoms with Crippen LogP contribution >= 0.6 is 11.6 Å². The third kappa shape index (κ3) is 1.78. The summed E-state index contributed by atoms with van der Waals surface area (Å²) in [7, 11) is 0. The Hall–Kier alpha value is -0.570. The van der Waals surface area contributed by atoms with Crippen LogP contribution < -0.4 is 5.32 Å². The molecule has 1 aromatic carbocycles. The van der Waals surface area contributed by atoms with Gasteiger partial charge in [0.05, 0.1) is 0 Å². The van der Waals surface area contributed by atoms with Crippen molar-refractivity contribution in [3.05, 3.63) is 34.9 Å². The first-order valence-electron chi connectivity index (χ1n) is 4.86. The lowest BCUT2D eigenvalue weighted by atomic mass is 10.0. The Morgan fingerprint density at radius 3 is 2.57 bits per heavy atom. The highest BCUT2D eigenvalue weighted by molar-refractivity contribution is 6.30. The molecule has 0 aromatic heterocycles. The molecule has 1 aliphatic rings. The standard InChI is InChI=1S/C11H14ClNO/c1-8-6-7-11(14,13-8)9-2-4-10(12)5-3-9/h2-5,8,13-14H,6-7H2,1H3. The van der Waals surface area contributed by atoms with E-state index in [0.29, 0.717) is 11.1 Å². The minimum atomic E-state index is -0.857. The number of rotatable bonds is 1. The number of benzene rings is 1. The maximum absolute atomic E-state index is 10.3. The average Bonchev–Trinajstić information content (AvgIpc) is 2.48. The van der Waals surface area contributed by atoms with E-state index in [0.717, 1.165) is 18.4 Å². The maximum atomic E-state index is 10.3. The van der Waals surface area contributed by atoms with Crippen molar-refractivity contribution < 1.29 is 5.11 Å². The molecule has 0 saturated carbocycles. The van der Waals surface area contributed by atoms with E-state index < -0.39 is 5.72 Å². The van der Waals surface area contributed by atoms with Gasteiger partial charge in [-0.3, -0.25) is 5.32 Å². The van der Waals surface area contributed by atoms with Crippen LogP contribution in [-0.4, -0.2) is 11.1 Å². The number of nitrogens with one attached hydrogen (secondary N) is 1. The van der Waals surface area contributed by atoms with Crippen LogP contribution in [0, 0.1) is 0 Å². The van der Waals surface area contributed by atoms with Crippen LogP contribution in [0.2, 0.25) is 5.02 Å². The Kier molecular flexibility index (Phi) is 2.52. The van der Waals surface area contributed by atoms with Crippen molar-refractivity contribution in [2.75, 3.05) is 0 Å². The zero-order valence-corrected chi connectivity index (χ0v) is 8.88. The summed E-state index contributed by atoms with van der Waals surface area (Å²) in [6, 6.07) is 7.72. The summed E-state index contributed by atoms with van der Waals surface area (Å²) in [5, 5.41) is 14.1. The van der Waals surface area contributed by atoms with Crippen LogP contribution in [0.25, 0.3) is 0 Å². The molecule has 2 nitrogen and oxygen atoms in total. The van der Waals surface area contributed by atoms with Crippen LogP contribution in [0.5, 0.6) is 0 Å². The van der Waals surface area contributed by atoms with Gasteiger partial charge in [0.15, 0.2) is 0 Å². The van der Waals surface area contributed by atoms with Crippen LogP contribution in [-0.2, 0) is 5.72 Å². The van der Waals surface area contributed by atoms with Crippen LogP contribution in [0.1, 0.15) is 25.3 Å². The number of hydrogen-bond donors (Lipinski definition) is 2. The van der Waals surface area contributed by atoms with E-state index in [2.05, 4.69) is 12.2 Å². The third-order valence-corrected chi connectivity index (χ3v) is 3.00. The van der Waals surface area contributed by atoms with Gasteiger partial charge in [0.1, 0.15) is 5.72 Å². The van der Waals surface area contributed by atoms with E-state index in [-0.39, 0.29) is 0 Å². The molecule has 14 heavy (non-hydrogen) atoms. The van der Waals surface area contributed by atoms with Crippen LogP contribution in [0.3, 0.4) is 0 Å². The van der Waals surface area contributed by atoms with Crippen LogP contribution in [0.4, 0.5) is 0 Å². The molecule has 2 atom stereocenters. The Balaban J connectivity index is 2.26. The summed E-state index contributed by atoms with van der Waals surface area (Å²) in [4.78, 5) is 0. The minimum absolute atomic E-state index is 0.371. The smallest absolute Gasteiger partial charge is 0.142 e. The Labute approximate surface area is 88.9 Å². The van der Waals surface area contributed by atoms with E-state index in [4.69, 9.17) is 11.6 Å². The van der Waals surface area contributed by atoms with Gasteiger partial charge in [-0.05, 0) is 37.5 Å². The zero-order chi connectivity index (χ0) is 10.2. The molecule has 0 bridgehead atoms. The van der Waals surface area contributed by atoms with Gasteiger partial charge in [-0.2, -0.15) is 0 Å². The van der Waals surface area contributed by atoms with E-state index in [1.807, 2.05) is 12.1 Å². The van der Waals surface area contributed by atoms with Crippen molar-refractivity contribution in [3.63, 3.8) is 0 Å². The second-order valence-corrected chi connectivity index (χ2v) is 4.39. The second kappa shape index (κ2) is 3.54. The molecule has 76 valence electrons. The molecule has 0 aliphatic carbocycles. The maximum Gasteiger partial charge on any atom is 0.142 e. The summed E-state index contributed by atoms with van der Waals surface area (Å²) in [6.07, 6.45) is 1.76. The highest BCUT2D eigenvalue weighted by atomic mass is 35.5. The van der Waals surface area contributed by atoms with Crippen molar-refractivity contribution in [1.82, 2.24) is 5.32 Å². The first kappa shape index (κ1) is 9.97. The lowest BCUT2D eigenvalue weighted by Gasteiger charge is -2.24. The summed E-state index contributed by atoms with van der Waals surface area (Å²) in [5.41, 5.74) is 0.0375. The lowest BCUT2D eigenvalue weighted by molar-refractivity contribution is 0.0168. The first-order valence-corrected chi connectivity index (χ1v) is 5.24. The van der Waals surface area contributed by atoms with Gasteiger partial charge < -0.3 is 5.11 Å². The largest absolute Gasteiger partial charge is 0.372 e. The van der Waals surface area contributed by atoms with Gasteiger partial charge in [0.2, 0.25) is 0 Å². The van der Waals surface area contributed by atoms with Gasteiger partial charge in [-0.15, -0.1) is 0 Å². The first-order chi connectivity index (χ1) is 6.60. The molecule has 1 fully saturated rings. The molecule has 2 rings (SSSR count). The Morgan fingerprint density at radius 2 is 2.07 bits per heavy atom. The fourth-order valence-corrected chi connectivity index (χ4v) is 2.06. The van der Waals surface area contributed by atoms with Gasteiger partial charge in [0.25, 0.3) is 0 Å². The fourth-order valence-electron chi connectivity index (χ4n) is 1.93. The molecule has 2 N–H and O–H groups in total. The van der Waals surface area contributed by atoms with Crippen molar-refractivity contribution >= 4 is 11.6 Å². The van der Waals surface area contributed by atoms with Gasteiger partial charge in [-0.1, -0.05) is 23.7 Å². The molecule has 1 saturated heterocycles. The lowest BCUT2D eigenvalue weighted by Crippen LogP contribution is -2.39. The molecule has 0 amide bonds. The third-order valence-electron chi connectivity index (χ3n) is 2.75. The molecule has 1 aliphatic heterocycles. The van der Waals surface area contributed by atoms with Crippen molar-refractivity contribution in [3.8, 4) is 0 Å². The van der Waals surface area contributed by atoms with Crippen LogP contribution in [0.15, 0.2) is 24.3 Å². The van der Waals surface area contributed by atoms with E-state index >= 15 is 0 Å². The topological polar surface area (TPSA) is 32.3 Å². The highest BCUT2D eigenvalue weighted by Gasteiger charge is 2.35. The highest BCUT2D eigenvalue weighted by Crippen LogP contribution is 2.31. The van der Waals surface area contributed by atoms with Gasteiger partial charge in [0, 0.05) is 11.1 Å². The normalized spacial score (nSPS) is 32.1. The van der Waals surface area contributed by atoms with Crippen molar-refractivity contribution in [1.29, 1.82) is 0 Å². The van der Waals surface area contributed by atoms with Gasteiger partial charge in [-0.25, -0.2) is 0 Å². The quantitative estimate of drug-likeness (QED) is 0.747. The molecule has 0 radical (unpaired) electrons. The van der Waals surface area contributed by atoms with Crippen molar-refractivity contribution in [2.45, 2.75) is 31.5 Å². The van der Waals surface area contributed by atoms with Gasteiger partial charge >= 0.3 is 0 Å². The summed E-state index contributed by atoms with van der Waals surface area (Å²) in [6.45, 7) is 2.08. The number of hydrogen-bond acceptors (Lipinski definition) is 2.